The molecule has 7 heteroatoms. The van der Waals surface area contributed by atoms with E-state index in [1.54, 1.807) is 6.92 Å². The highest BCUT2D eigenvalue weighted by atomic mass is 79.9. The molecule has 3 aromatic carbocycles. The van der Waals surface area contributed by atoms with Crippen LogP contribution in [0, 0.1) is 6.92 Å². The van der Waals surface area contributed by atoms with Gasteiger partial charge in [0.25, 0.3) is 0 Å². The fourth-order valence-corrected chi connectivity index (χ4v) is 4.66. The van der Waals surface area contributed by atoms with E-state index in [0.717, 1.165) is 31.2 Å². The van der Waals surface area contributed by atoms with Gasteiger partial charge in [-0.1, -0.05) is 91.6 Å². The van der Waals surface area contributed by atoms with E-state index >= 15 is 0 Å². The highest BCUT2D eigenvalue weighted by molar-refractivity contribution is 9.11. The Hall–Kier alpha value is -2.90. The molecule has 32 heavy (non-hydrogen) atoms. The van der Waals surface area contributed by atoms with Gasteiger partial charge in [0, 0.05) is 14.5 Å². The Morgan fingerprint density at radius 2 is 1.53 bits per heavy atom. The van der Waals surface area contributed by atoms with Crippen molar-refractivity contribution in [3.8, 4) is 22.5 Å². The number of nitrogens with one attached hydrogen (secondary N) is 1. The highest BCUT2D eigenvalue weighted by Crippen LogP contribution is 2.33. The van der Waals surface area contributed by atoms with Gasteiger partial charge < -0.3 is 9.26 Å². The topological polar surface area (TPSA) is 64.4 Å². The van der Waals surface area contributed by atoms with Gasteiger partial charge in [-0.3, -0.25) is 5.32 Å². The van der Waals surface area contributed by atoms with Crippen LogP contribution in [-0.4, -0.2) is 11.2 Å². The molecular formula is C25H20Br2N2O3. The summed E-state index contributed by atoms with van der Waals surface area (Å²) in [5.41, 5.74) is 4.95. The molecule has 0 fully saturated rings. The van der Waals surface area contributed by atoms with E-state index in [1.165, 1.54) is 0 Å². The van der Waals surface area contributed by atoms with Gasteiger partial charge in [0.05, 0.1) is 0 Å². The smallest absolute Gasteiger partial charge is 0.412 e. The third-order valence-electron chi connectivity index (χ3n) is 4.98. The predicted molar refractivity (Wildman–Crippen MR) is 132 cm³/mol. The number of nitrogens with zero attached hydrogens (tertiary/aromatic N) is 1. The minimum Gasteiger partial charge on any atom is -0.441 e. The van der Waals surface area contributed by atoms with E-state index in [4.69, 9.17) is 9.26 Å². The molecule has 0 unspecified atom stereocenters. The van der Waals surface area contributed by atoms with Crippen molar-refractivity contribution in [3.63, 3.8) is 0 Å². The largest absolute Gasteiger partial charge is 0.441 e. The summed E-state index contributed by atoms with van der Waals surface area (Å²) < 4.78 is 12.9. The Bertz CT molecular complexity index is 1220. The van der Waals surface area contributed by atoms with Crippen LogP contribution in [0.15, 0.2) is 86.3 Å². The molecule has 0 bridgehead atoms. The van der Waals surface area contributed by atoms with Crippen molar-refractivity contribution < 1.29 is 14.1 Å². The lowest BCUT2D eigenvalue weighted by molar-refractivity contribution is 0.121. The Balaban J connectivity index is 1.51. The molecule has 0 aliphatic heterocycles. The Morgan fingerprint density at radius 1 is 0.938 bits per heavy atom. The number of aryl methyl sites for hydroxylation is 1. The molecule has 1 heterocycles. The second-order valence-electron chi connectivity index (χ2n) is 7.29. The van der Waals surface area contributed by atoms with Gasteiger partial charge in [0.2, 0.25) is 0 Å². The van der Waals surface area contributed by atoms with Crippen LogP contribution < -0.4 is 5.32 Å². The van der Waals surface area contributed by atoms with Crippen LogP contribution in [0.5, 0.6) is 0 Å². The minimum absolute atomic E-state index is 0.447. The fraction of sp³-hybridized carbons (Fsp3) is 0.120. The van der Waals surface area contributed by atoms with Crippen molar-refractivity contribution in [3.05, 3.63) is 93.0 Å². The van der Waals surface area contributed by atoms with Crippen molar-refractivity contribution >= 4 is 43.6 Å². The summed E-state index contributed by atoms with van der Waals surface area (Å²) in [6.07, 6.45) is -1.03. The lowest BCUT2D eigenvalue weighted by Gasteiger charge is -2.15. The van der Waals surface area contributed by atoms with Gasteiger partial charge >= 0.3 is 6.09 Å². The Labute approximate surface area is 203 Å². The lowest BCUT2D eigenvalue weighted by atomic mass is 10.0. The normalized spacial score (nSPS) is 11.8. The maximum absolute atomic E-state index is 12.6. The van der Waals surface area contributed by atoms with Crippen molar-refractivity contribution in [1.29, 1.82) is 0 Å². The van der Waals surface area contributed by atoms with E-state index in [-0.39, 0.29) is 0 Å². The third kappa shape index (κ3) is 5.11. The summed E-state index contributed by atoms with van der Waals surface area (Å²) in [6, 6.07) is 23.8. The number of carbonyl (C=O) groups excluding carboxylic acids is 1. The standard InChI is InChI=1S/C25H20Br2N2O3/c1-15-23(28-25(30)31-16(2)20-12-21(26)14-22(27)13-20)24(32-29-15)19-10-8-18(9-11-19)17-6-4-3-5-7-17/h3-14,16H,1-2H3,(H,28,30)/t16-/m1/s1. The first-order valence-electron chi connectivity index (χ1n) is 9.96. The predicted octanol–water partition coefficient (Wildman–Crippen LogP) is 8.15. The number of aromatic nitrogens is 1. The second-order valence-corrected chi connectivity index (χ2v) is 9.12. The zero-order valence-electron chi connectivity index (χ0n) is 17.4. The van der Waals surface area contributed by atoms with Gasteiger partial charge in [-0.25, -0.2) is 4.79 Å². The van der Waals surface area contributed by atoms with Gasteiger partial charge in [-0.15, -0.1) is 0 Å². The molecule has 1 N–H and O–H groups in total. The van der Waals surface area contributed by atoms with Crippen LogP contribution in [0.2, 0.25) is 0 Å². The molecular weight excluding hydrogens is 536 g/mol. The number of hydrogen-bond acceptors (Lipinski definition) is 4. The molecule has 1 amide bonds. The van der Waals surface area contributed by atoms with E-state index in [2.05, 4.69) is 54.5 Å². The Morgan fingerprint density at radius 3 is 2.19 bits per heavy atom. The van der Waals surface area contributed by atoms with E-state index in [9.17, 15) is 4.79 Å². The molecule has 0 radical (unpaired) electrons. The molecule has 0 aliphatic rings. The zero-order chi connectivity index (χ0) is 22.7. The van der Waals surface area contributed by atoms with E-state index < -0.39 is 12.2 Å². The first-order chi connectivity index (χ1) is 15.4. The average Bonchev–Trinajstić information content (AvgIpc) is 3.13. The fourth-order valence-electron chi connectivity index (χ4n) is 3.33. The minimum atomic E-state index is -0.581. The molecule has 4 aromatic rings. The highest BCUT2D eigenvalue weighted by Gasteiger charge is 2.20. The van der Waals surface area contributed by atoms with Crippen molar-refractivity contribution in [1.82, 2.24) is 5.16 Å². The van der Waals surface area contributed by atoms with Crippen LogP contribution >= 0.6 is 31.9 Å². The number of amides is 1. The van der Waals surface area contributed by atoms with Crippen molar-refractivity contribution in [2.24, 2.45) is 0 Å². The Kier molecular flexibility index (Phi) is 6.77. The number of rotatable bonds is 5. The number of benzene rings is 3. The van der Waals surface area contributed by atoms with Gasteiger partial charge in [0.15, 0.2) is 5.76 Å². The molecule has 0 saturated carbocycles. The summed E-state index contributed by atoms with van der Waals surface area (Å²) in [6.45, 7) is 3.59. The van der Waals surface area contributed by atoms with Gasteiger partial charge in [0.1, 0.15) is 17.5 Å². The summed E-state index contributed by atoms with van der Waals surface area (Å²) in [7, 11) is 0. The van der Waals surface area contributed by atoms with Crippen molar-refractivity contribution in [2.45, 2.75) is 20.0 Å². The van der Waals surface area contributed by atoms with E-state index in [1.807, 2.05) is 67.6 Å². The lowest BCUT2D eigenvalue weighted by Crippen LogP contribution is -2.16. The molecule has 0 spiro atoms. The first kappa shape index (κ1) is 22.3. The first-order valence-corrected chi connectivity index (χ1v) is 11.5. The number of ether oxygens (including phenoxy) is 1. The van der Waals surface area contributed by atoms with Crippen LogP contribution in [-0.2, 0) is 4.74 Å². The zero-order valence-corrected chi connectivity index (χ0v) is 20.6. The van der Waals surface area contributed by atoms with E-state index in [0.29, 0.717) is 17.1 Å². The molecule has 4 rings (SSSR count). The summed E-state index contributed by atoms with van der Waals surface area (Å²) >= 11 is 6.91. The number of halogens is 2. The van der Waals surface area contributed by atoms with Gasteiger partial charge in [-0.2, -0.15) is 0 Å². The molecule has 1 atom stereocenters. The monoisotopic (exact) mass is 554 g/mol. The second kappa shape index (κ2) is 9.71. The number of anilines is 1. The molecule has 1 aromatic heterocycles. The molecule has 0 aliphatic carbocycles. The third-order valence-corrected chi connectivity index (χ3v) is 5.90. The average molecular weight is 556 g/mol. The van der Waals surface area contributed by atoms with Crippen LogP contribution in [0.25, 0.3) is 22.5 Å². The van der Waals surface area contributed by atoms with Gasteiger partial charge in [-0.05, 0) is 48.7 Å². The summed E-state index contributed by atoms with van der Waals surface area (Å²) in [4.78, 5) is 12.6. The SMILES string of the molecule is Cc1noc(-c2ccc(-c3ccccc3)cc2)c1NC(=O)O[C@H](C)c1cc(Br)cc(Br)c1. The summed E-state index contributed by atoms with van der Waals surface area (Å²) in [5.74, 6) is 0.483. The van der Waals surface area contributed by atoms with Crippen LogP contribution in [0.4, 0.5) is 10.5 Å². The molecule has 5 nitrogen and oxygen atoms in total. The van der Waals surface area contributed by atoms with Crippen molar-refractivity contribution in [2.75, 3.05) is 5.32 Å². The van der Waals surface area contributed by atoms with Crippen LogP contribution in [0.1, 0.15) is 24.3 Å². The summed E-state index contributed by atoms with van der Waals surface area (Å²) in [5, 5.41) is 6.82. The maximum atomic E-state index is 12.6. The molecule has 162 valence electrons. The number of carbonyl (C=O) groups is 1. The maximum Gasteiger partial charge on any atom is 0.412 e. The quantitative estimate of drug-likeness (QED) is 0.270. The van der Waals surface area contributed by atoms with Crippen LogP contribution in [0.3, 0.4) is 0 Å². The number of hydrogen-bond donors (Lipinski definition) is 1. The molecule has 0 saturated heterocycles.